The van der Waals surface area contributed by atoms with Gasteiger partial charge in [-0.2, -0.15) is 0 Å². The minimum atomic E-state index is -0.906. The van der Waals surface area contributed by atoms with Gasteiger partial charge in [0.1, 0.15) is 0 Å². The number of hydrazine groups is 1. The maximum atomic E-state index is 12.1. The molecule has 0 unspecified atom stereocenters. The number of nitrogens with one attached hydrogen (secondary N) is 1. The molecule has 3 N–H and O–H groups in total. The number of amides is 3. The molecule has 0 bridgehead atoms. The summed E-state index contributed by atoms with van der Waals surface area (Å²) < 4.78 is 0. The van der Waals surface area contributed by atoms with Crippen molar-refractivity contribution in [2.75, 3.05) is 5.01 Å². The maximum absolute atomic E-state index is 12.1. The summed E-state index contributed by atoms with van der Waals surface area (Å²) in [5.74, 6) is -0.557. The molecular weight excluding hydrogens is 315 g/mol. The number of primary amides is 1. The molecular formula is C13H10Cl2N4O2. The number of hydrogen-bond acceptors (Lipinski definition) is 3. The van der Waals surface area contributed by atoms with Crippen LogP contribution in [0.1, 0.15) is 10.4 Å². The van der Waals surface area contributed by atoms with Crippen LogP contribution in [0.4, 0.5) is 10.5 Å². The van der Waals surface area contributed by atoms with Crippen molar-refractivity contribution in [1.82, 2.24) is 10.4 Å². The fourth-order valence-corrected chi connectivity index (χ4v) is 1.94. The predicted molar refractivity (Wildman–Crippen MR) is 80.2 cm³/mol. The number of anilines is 1. The Morgan fingerprint density at radius 3 is 2.57 bits per heavy atom. The van der Waals surface area contributed by atoms with E-state index in [9.17, 15) is 9.59 Å². The minimum absolute atomic E-state index is 0.101. The third-order valence-corrected chi connectivity index (χ3v) is 3.34. The number of carbonyl (C=O) groups excluding carboxylic acids is 2. The SMILES string of the molecule is NC(=O)N(NC(=O)c1cccnc1)c1cccc(Cl)c1Cl. The van der Waals surface area contributed by atoms with Crippen molar-refractivity contribution in [1.29, 1.82) is 0 Å². The van der Waals surface area contributed by atoms with Crippen molar-refractivity contribution < 1.29 is 9.59 Å². The standard InChI is InChI=1S/C13H10Cl2N4O2/c14-9-4-1-5-10(11(9)15)19(13(16)21)18-12(20)8-3-2-6-17-7-8/h1-7H,(H2,16,21)(H,18,20). The number of urea groups is 1. The lowest BCUT2D eigenvalue weighted by Crippen LogP contribution is -2.49. The van der Waals surface area contributed by atoms with E-state index in [1.165, 1.54) is 18.5 Å². The van der Waals surface area contributed by atoms with Crippen LogP contribution < -0.4 is 16.2 Å². The summed E-state index contributed by atoms with van der Waals surface area (Å²) in [5.41, 5.74) is 8.06. The quantitative estimate of drug-likeness (QED) is 0.832. The van der Waals surface area contributed by atoms with E-state index in [0.717, 1.165) is 5.01 Å². The number of carbonyl (C=O) groups is 2. The Hall–Kier alpha value is -2.31. The van der Waals surface area contributed by atoms with Crippen LogP contribution in [-0.4, -0.2) is 16.9 Å². The van der Waals surface area contributed by atoms with Crippen LogP contribution in [0.5, 0.6) is 0 Å². The van der Waals surface area contributed by atoms with Crippen LogP contribution in [-0.2, 0) is 0 Å². The first kappa shape index (κ1) is 15.1. The normalized spacial score (nSPS) is 10.0. The Balaban J connectivity index is 2.31. The zero-order chi connectivity index (χ0) is 15.4. The molecule has 0 aliphatic carbocycles. The topological polar surface area (TPSA) is 88.3 Å². The van der Waals surface area contributed by atoms with Crippen LogP contribution in [0.25, 0.3) is 0 Å². The molecule has 8 heteroatoms. The molecule has 1 aromatic heterocycles. The van der Waals surface area contributed by atoms with Gasteiger partial charge in [0.25, 0.3) is 5.91 Å². The van der Waals surface area contributed by atoms with Gasteiger partial charge in [-0.15, -0.1) is 0 Å². The first-order valence-electron chi connectivity index (χ1n) is 5.75. The number of rotatable bonds is 2. The van der Waals surface area contributed by atoms with E-state index in [0.29, 0.717) is 0 Å². The average Bonchev–Trinajstić information content (AvgIpc) is 2.48. The number of hydrogen-bond donors (Lipinski definition) is 2. The lowest BCUT2D eigenvalue weighted by atomic mass is 10.3. The van der Waals surface area contributed by atoms with Crippen LogP contribution in [0.2, 0.25) is 10.0 Å². The van der Waals surface area contributed by atoms with Gasteiger partial charge in [-0.25, -0.2) is 9.80 Å². The van der Waals surface area contributed by atoms with Crippen molar-refractivity contribution in [2.24, 2.45) is 5.73 Å². The van der Waals surface area contributed by atoms with Gasteiger partial charge in [-0.1, -0.05) is 29.3 Å². The van der Waals surface area contributed by atoms with E-state index in [2.05, 4.69) is 10.4 Å². The number of nitrogens with two attached hydrogens (primary N) is 1. The molecule has 2 aromatic rings. The van der Waals surface area contributed by atoms with E-state index in [4.69, 9.17) is 28.9 Å². The smallest absolute Gasteiger partial charge is 0.338 e. The Bertz CT molecular complexity index is 679. The monoisotopic (exact) mass is 324 g/mol. The van der Waals surface area contributed by atoms with E-state index in [1.54, 1.807) is 24.3 Å². The molecule has 0 radical (unpaired) electrons. The number of nitrogens with zero attached hydrogens (tertiary/aromatic N) is 2. The summed E-state index contributed by atoms with van der Waals surface area (Å²) in [6.07, 6.45) is 2.88. The second-order valence-corrected chi connectivity index (χ2v) is 4.71. The number of benzene rings is 1. The summed E-state index contributed by atoms with van der Waals surface area (Å²) in [7, 11) is 0. The number of aromatic nitrogens is 1. The van der Waals surface area contributed by atoms with Gasteiger partial charge in [0.2, 0.25) is 0 Å². The summed E-state index contributed by atoms with van der Waals surface area (Å²) >= 11 is 11.9. The Kier molecular flexibility index (Phi) is 4.62. The van der Waals surface area contributed by atoms with Crippen LogP contribution in [0.3, 0.4) is 0 Å². The van der Waals surface area contributed by atoms with Crippen LogP contribution in [0, 0.1) is 0 Å². The lowest BCUT2D eigenvalue weighted by Gasteiger charge is -2.22. The molecule has 0 saturated carbocycles. The maximum Gasteiger partial charge on any atom is 0.338 e. The third-order valence-electron chi connectivity index (χ3n) is 2.53. The molecule has 0 aliphatic heterocycles. The molecule has 2 rings (SSSR count). The Labute approximate surface area is 130 Å². The zero-order valence-corrected chi connectivity index (χ0v) is 12.1. The Morgan fingerprint density at radius 1 is 1.19 bits per heavy atom. The molecule has 0 aliphatic rings. The molecule has 3 amide bonds. The molecule has 108 valence electrons. The molecule has 21 heavy (non-hydrogen) atoms. The first-order chi connectivity index (χ1) is 10.0. The first-order valence-corrected chi connectivity index (χ1v) is 6.51. The minimum Gasteiger partial charge on any atom is -0.350 e. The van der Waals surface area contributed by atoms with Crippen LogP contribution >= 0.6 is 23.2 Å². The number of pyridine rings is 1. The molecule has 1 heterocycles. The predicted octanol–water partition coefficient (Wildman–Crippen LogP) is 2.62. The van der Waals surface area contributed by atoms with Gasteiger partial charge < -0.3 is 5.73 Å². The van der Waals surface area contributed by atoms with Gasteiger partial charge in [0, 0.05) is 12.4 Å². The highest BCUT2D eigenvalue weighted by Gasteiger charge is 2.20. The highest BCUT2D eigenvalue weighted by atomic mass is 35.5. The highest BCUT2D eigenvalue weighted by molar-refractivity contribution is 6.44. The summed E-state index contributed by atoms with van der Waals surface area (Å²) in [5, 5.41) is 1.16. The molecule has 0 saturated heterocycles. The fourth-order valence-electron chi connectivity index (χ4n) is 1.56. The van der Waals surface area contributed by atoms with Crippen molar-refractivity contribution in [3.05, 3.63) is 58.3 Å². The zero-order valence-electron chi connectivity index (χ0n) is 10.6. The van der Waals surface area contributed by atoms with Crippen molar-refractivity contribution in [3.63, 3.8) is 0 Å². The molecule has 0 atom stereocenters. The number of halogens is 2. The van der Waals surface area contributed by atoms with Crippen molar-refractivity contribution in [3.8, 4) is 0 Å². The summed E-state index contributed by atoms with van der Waals surface area (Å²) in [6.45, 7) is 0. The van der Waals surface area contributed by atoms with Gasteiger partial charge >= 0.3 is 6.03 Å². The molecule has 6 nitrogen and oxygen atoms in total. The van der Waals surface area contributed by atoms with E-state index in [1.807, 2.05) is 0 Å². The highest BCUT2D eigenvalue weighted by Crippen LogP contribution is 2.31. The van der Waals surface area contributed by atoms with E-state index >= 15 is 0 Å². The van der Waals surface area contributed by atoms with Crippen molar-refractivity contribution in [2.45, 2.75) is 0 Å². The second kappa shape index (κ2) is 6.43. The summed E-state index contributed by atoms with van der Waals surface area (Å²) in [4.78, 5) is 27.4. The Morgan fingerprint density at radius 2 is 1.95 bits per heavy atom. The molecule has 0 spiro atoms. The van der Waals surface area contributed by atoms with Gasteiger partial charge in [0.15, 0.2) is 0 Å². The van der Waals surface area contributed by atoms with E-state index < -0.39 is 11.9 Å². The molecule has 0 fully saturated rings. The molecule has 1 aromatic carbocycles. The van der Waals surface area contributed by atoms with Gasteiger partial charge in [0.05, 0.1) is 21.3 Å². The third kappa shape index (κ3) is 3.42. The van der Waals surface area contributed by atoms with Crippen LogP contribution in [0.15, 0.2) is 42.7 Å². The van der Waals surface area contributed by atoms with E-state index in [-0.39, 0.29) is 21.3 Å². The summed E-state index contributed by atoms with van der Waals surface area (Å²) in [6, 6.07) is 6.86. The van der Waals surface area contributed by atoms with Gasteiger partial charge in [-0.3, -0.25) is 15.2 Å². The fraction of sp³-hybridized carbons (Fsp3) is 0. The lowest BCUT2D eigenvalue weighted by molar-refractivity contribution is 0.0950. The largest absolute Gasteiger partial charge is 0.350 e. The average molecular weight is 325 g/mol. The second-order valence-electron chi connectivity index (χ2n) is 3.93. The van der Waals surface area contributed by atoms with Crippen molar-refractivity contribution >= 4 is 40.8 Å². The van der Waals surface area contributed by atoms with Gasteiger partial charge in [-0.05, 0) is 24.3 Å².